The topological polar surface area (TPSA) is 69.5 Å². The molecule has 20 heavy (non-hydrogen) atoms. The Morgan fingerprint density at radius 3 is 2.75 bits per heavy atom. The predicted molar refractivity (Wildman–Crippen MR) is 69.5 cm³/mol. The van der Waals surface area contributed by atoms with Crippen LogP contribution in [-0.2, 0) is 18.9 Å². The van der Waals surface area contributed by atoms with E-state index in [1.54, 1.807) is 7.11 Å². The number of hydrogen-bond acceptors (Lipinski definition) is 6. The summed E-state index contributed by atoms with van der Waals surface area (Å²) >= 11 is 0. The van der Waals surface area contributed by atoms with Crippen LogP contribution in [0.5, 0.6) is 0 Å². The lowest BCUT2D eigenvalue weighted by Crippen LogP contribution is -2.53. The van der Waals surface area contributed by atoms with Gasteiger partial charge in [0.15, 0.2) is 12.6 Å². The number of methoxy groups -OCH3 is 1. The number of ether oxygens (including phenoxy) is 4. The molecule has 6 nitrogen and oxygen atoms in total. The summed E-state index contributed by atoms with van der Waals surface area (Å²) in [6.45, 7) is 0.364. The molecule has 108 valence electrons. The first-order valence-corrected chi connectivity index (χ1v) is 6.53. The molecule has 4 atom stereocenters. The van der Waals surface area contributed by atoms with E-state index in [0.29, 0.717) is 18.7 Å². The predicted octanol–water partition coefficient (Wildman–Crippen LogP) is 1.69. The fraction of sp³-hybridized carbons (Fsp3) is 0.500. The summed E-state index contributed by atoms with van der Waals surface area (Å²) in [5, 5.41) is 12.5. The zero-order chi connectivity index (χ0) is 13.9. The molecular formula is C14H17NO5. The number of nitrogens with zero attached hydrogens (tertiary/aromatic N) is 1. The Bertz CT molecular complexity index is 478. The van der Waals surface area contributed by atoms with Gasteiger partial charge in [0, 0.05) is 19.1 Å². The molecule has 0 saturated carbocycles. The zero-order valence-corrected chi connectivity index (χ0v) is 11.1. The minimum absolute atomic E-state index is 0.320. The Balaban J connectivity index is 1.76. The summed E-state index contributed by atoms with van der Waals surface area (Å²) in [6.07, 6.45) is -1.25. The molecule has 0 unspecified atom stereocenters. The van der Waals surface area contributed by atoms with Gasteiger partial charge < -0.3 is 24.2 Å². The van der Waals surface area contributed by atoms with Crippen LogP contribution in [0.2, 0.25) is 0 Å². The van der Waals surface area contributed by atoms with Gasteiger partial charge in [0.25, 0.3) is 0 Å². The van der Waals surface area contributed by atoms with Crippen molar-refractivity contribution in [3.63, 3.8) is 0 Å². The van der Waals surface area contributed by atoms with Gasteiger partial charge in [-0.2, -0.15) is 0 Å². The molecule has 2 heterocycles. The quantitative estimate of drug-likeness (QED) is 0.659. The molecule has 2 aliphatic rings. The van der Waals surface area contributed by atoms with Gasteiger partial charge in [-0.3, -0.25) is 0 Å². The van der Waals surface area contributed by atoms with E-state index in [0.717, 1.165) is 5.56 Å². The second-order valence-corrected chi connectivity index (χ2v) is 4.77. The highest BCUT2D eigenvalue weighted by molar-refractivity contribution is 5.89. The number of benzene rings is 1. The highest BCUT2D eigenvalue weighted by Gasteiger charge is 2.42. The first-order valence-electron chi connectivity index (χ1n) is 6.53. The van der Waals surface area contributed by atoms with E-state index >= 15 is 0 Å². The van der Waals surface area contributed by atoms with Crippen LogP contribution in [0.4, 0.5) is 0 Å². The number of oxime groups is 1. The summed E-state index contributed by atoms with van der Waals surface area (Å²) in [5.74, 6) is 0. The van der Waals surface area contributed by atoms with Crippen molar-refractivity contribution >= 4 is 5.71 Å². The van der Waals surface area contributed by atoms with E-state index in [4.69, 9.17) is 24.2 Å². The molecular weight excluding hydrogens is 262 g/mol. The van der Waals surface area contributed by atoms with Gasteiger partial charge in [0.2, 0.25) is 0 Å². The molecule has 1 aromatic carbocycles. The van der Waals surface area contributed by atoms with Crippen LogP contribution in [0.15, 0.2) is 35.5 Å². The van der Waals surface area contributed by atoms with Crippen LogP contribution in [0, 0.1) is 0 Å². The van der Waals surface area contributed by atoms with Crippen molar-refractivity contribution in [2.45, 2.75) is 31.2 Å². The number of fused-ring (bicyclic) bond motifs is 1. The maximum Gasteiger partial charge on any atom is 0.184 e. The first kappa shape index (κ1) is 13.5. The van der Waals surface area contributed by atoms with Crippen LogP contribution in [0.25, 0.3) is 0 Å². The van der Waals surface area contributed by atoms with Crippen molar-refractivity contribution in [2.75, 3.05) is 13.7 Å². The summed E-state index contributed by atoms with van der Waals surface area (Å²) in [7, 11) is 1.55. The van der Waals surface area contributed by atoms with E-state index in [2.05, 4.69) is 5.16 Å². The molecule has 3 rings (SSSR count). The molecule has 0 spiro atoms. The van der Waals surface area contributed by atoms with Crippen LogP contribution in [0.3, 0.4) is 0 Å². The van der Waals surface area contributed by atoms with Crippen molar-refractivity contribution < 1.29 is 24.2 Å². The zero-order valence-electron chi connectivity index (χ0n) is 11.1. The SMILES string of the molecule is CO[C@@H]1C/C(=N\O)[C@@H]2O[C@H](c3ccccc3)OC[C@H]2O1. The lowest BCUT2D eigenvalue weighted by atomic mass is 10.0. The maximum atomic E-state index is 9.16. The Morgan fingerprint density at radius 2 is 2.05 bits per heavy atom. The molecule has 0 amide bonds. The molecule has 0 bridgehead atoms. The Hall–Kier alpha value is -1.47. The highest BCUT2D eigenvalue weighted by Crippen LogP contribution is 2.32. The monoisotopic (exact) mass is 279 g/mol. The van der Waals surface area contributed by atoms with Crippen LogP contribution < -0.4 is 0 Å². The van der Waals surface area contributed by atoms with Crippen molar-refractivity contribution in [2.24, 2.45) is 5.16 Å². The first-order chi connectivity index (χ1) is 9.81. The van der Waals surface area contributed by atoms with Crippen molar-refractivity contribution in [1.29, 1.82) is 0 Å². The number of hydrogen-bond donors (Lipinski definition) is 1. The maximum absolute atomic E-state index is 9.16. The highest BCUT2D eigenvalue weighted by atomic mass is 16.7. The molecule has 2 aliphatic heterocycles. The van der Waals surface area contributed by atoms with Gasteiger partial charge in [-0.25, -0.2) is 0 Å². The smallest absolute Gasteiger partial charge is 0.184 e. The molecule has 0 aromatic heterocycles. The van der Waals surface area contributed by atoms with E-state index in [-0.39, 0.29) is 6.10 Å². The van der Waals surface area contributed by atoms with Gasteiger partial charge in [-0.15, -0.1) is 0 Å². The second kappa shape index (κ2) is 5.88. The fourth-order valence-corrected chi connectivity index (χ4v) is 2.49. The summed E-state index contributed by atoms with van der Waals surface area (Å²) < 4.78 is 22.4. The van der Waals surface area contributed by atoms with Gasteiger partial charge in [0.05, 0.1) is 12.3 Å². The fourth-order valence-electron chi connectivity index (χ4n) is 2.49. The second-order valence-electron chi connectivity index (χ2n) is 4.77. The van der Waals surface area contributed by atoms with Crippen LogP contribution >= 0.6 is 0 Å². The third kappa shape index (κ3) is 2.55. The largest absolute Gasteiger partial charge is 0.411 e. The molecule has 0 radical (unpaired) electrons. The normalized spacial score (nSPS) is 35.8. The average molecular weight is 279 g/mol. The average Bonchev–Trinajstić information content (AvgIpc) is 2.54. The number of rotatable bonds is 2. The Labute approximate surface area is 116 Å². The summed E-state index contributed by atoms with van der Waals surface area (Å²) in [4.78, 5) is 0. The van der Waals surface area contributed by atoms with Gasteiger partial charge in [-0.05, 0) is 0 Å². The van der Waals surface area contributed by atoms with Gasteiger partial charge in [0.1, 0.15) is 12.2 Å². The van der Waals surface area contributed by atoms with E-state index in [1.807, 2.05) is 30.3 Å². The molecule has 1 N–H and O–H groups in total. The van der Waals surface area contributed by atoms with Crippen LogP contribution in [0.1, 0.15) is 18.3 Å². The summed E-state index contributed by atoms with van der Waals surface area (Å²) in [5.41, 5.74) is 1.45. The van der Waals surface area contributed by atoms with E-state index in [1.165, 1.54) is 0 Å². The molecule has 0 aliphatic carbocycles. The molecule has 2 saturated heterocycles. The molecule has 6 heteroatoms. The Kier molecular flexibility index (Phi) is 3.98. The van der Waals surface area contributed by atoms with E-state index in [9.17, 15) is 0 Å². The molecule has 2 fully saturated rings. The minimum atomic E-state index is -0.475. The van der Waals surface area contributed by atoms with Gasteiger partial charge >= 0.3 is 0 Å². The minimum Gasteiger partial charge on any atom is -0.411 e. The third-order valence-electron chi connectivity index (χ3n) is 3.51. The molecule has 1 aromatic rings. The summed E-state index contributed by atoms with van der Waals surface area (Å²) in [6, 6.07) is 9.65. The van der Waals surface area contributed by atoms with Crippen molar-refractivity contribution in [3.05, 3.63) is 35.9 Å². The van der Waals surface area contributed by atoms with E-state index < -0.39 is 18.7 Å². The standard InChI is InChI=1S/C14H17NO5/c1-17-12-7-10(15-16)13-11(19-12)8-18-14(20-13)9-5-3-2-4-6-9/h2-6,11-14,16H,7-8H2,1H3/b15-10+/t11-,12+,13+,14-/m1/s1. The Morgan fingerprint density at radius 1 is 1.25 bits per heavy atom. The van der Waals surface area contributed by atoms with Crippen molar-refractivity contribution in [1.82, 2.24) is 0 Å². The van der Waals surface area contributed by atoms with Crippen LogP contribution in [-0.4, -0.2) is 43.1 Å². The third-order valence-corrected chi connectivity index (χ3v) is 3.51. The lowest BCUT2D eigenvalue weighted by Gasteiger charge is -2.41. The van der Waals surface area contributed by atoms with Gasteiger partial charge in [-0.1, -0.05) is 35.5 Å². The lowest BCUT2D eigenvalue weighted by molar-refractivity contribution is -0.286. The van der Waals surface area contributed by atoms with Crippen molar-refractivity contribution in [3.8, 4) is 0 Å².